The normalized spacial score (nSPS) is 10.5. The molecule has 0 heterocycles. The zero-order valence-electron chi connectivity index (χ0n) is 16.5. The number of hydrogen-bond donors (Lipinski definition) is 0. The number of nitro groups is 1. The van der Waals surface area contributed by atoms with Crippen molar-refractivity contribution in [1.82, 2.24) is 0 Å². The molecule has 0 fully saturated rings. The standard InChI is InChI=1S/C23H19NO5S/c1-15-11-12-17(13-16(15)2)20(25)14-29-23(26)18-7-3-5-9-21(18)30-22-10-6-4-8-19(22)24(27)28/h3-13H,14H2,1-2H3. The van der Waals surface area contributed by atoms with E-state index >= 15 is 0 Å². The van der Waals surface area contributed by atoms with Crippen LogP contribution in [0.3, 0.4) is 0 Å². The van der Waals surface area contributed by atoms with Gasteiger partial charge < -0.3 is 4.74 Å². The molecule has 3 aromatic carbocycles. The number of para-hydroxylation sites is 1. The van der Waals surface area contributed by atoms with Gasteiger partial charge in [-0.25, -0.2) is 4.79 Å². The van der Waals surface area contributed by atoms with Gasteiger partial charge in [-0.05, 0) is 49.2 Å². The van der Waals surface area contributed by atoms with Gasteiger partial charge in [-0.3, -0.25) is 14.9 Å². The molecule has 0 radical (unpaired) electrons. The smallest absolute Gasteiger partial charge is 0.339 e. The lowest BCUT2D eigenvalue weighted by Crippen LogP contribution is -2.15. The Morgan fingerprint density at radius 3 is 2.30 bits per heavy atom. The number of esters is 1. The molecule has 0 amide bonds. The van der Waals surface area contributed by atoms with Gasteiger partial charge >= 0.3 is 5.97 Å². The van der Waals surface area contributed by atoms with Crippen LogP contribution in [0.15, 0.2) is 76.5 Å². The number of Topliss-reactive ketones (excluding diaryl/α,β-unsaturated/α-hetero) is 1. The van der Waals surface area contributed by atoms with E-state index in [9.17, 15) is 19.7 Å². The average Bonchev–Trinajstić information content (AvgIpc) is 2.74. The van der Waals surface area contributed by atoms with Gasteiger partial charge in [0, 0.05) is 16.5 Å². The van der Waals surface area contributed by atoms with E-state index in [1.165, 1.54) is 6.07 Å². The number of nitrogens with zero attached hydrogens (tertiary/aromatic N) is 1. The summed E-state index contributed by atoms with van der Waals surface area (Å²) in [6, 6.07) is 18.3. The Morgan fingerprint density at radius 1 is 0.933 bits per heavy atom. The predicted molar refractivity (Wildman–Crippen MR) is 114 cm³/mol. The van der Waals surface area contributed by atoms with E-state index in [0.29, 0.717) is 15.4 Å². The molecule has 152 valence electrons. The number of rotatable bonds is 7. The van der Waals surface area contributed by atoms with Crippen molar-refractivity contribution in [2.75, 3.05) is 6.61 Å². The summed E-state index contributed by atoms with van der Waals surface area (Å²) in [5, 5.41) is 11.3. The molecule has 0 bridgehead atoms. The van der Waals surface area contributed by atoms with E-state index in [4.69, 9.17) is 4.74 Å². The molecule has 30 heavy (non-hydrogen) atoms. The summed E-state index contributed by atoms with van der Waals surface area (Å²) in [6.45, 7) is 3.48. The second kappa shape index (κ2) is 9.37. The zero-order chi connectivity index (χ0) is 21.7. The Morgan fingerprint density at radius 2 is 1.60 bits per heavy atom. The Bertz CT molecular complexity index is 1130. The maximum Gasteiger partial charge on any atom is 0.339 e. The molecular weight excluding hydrogens is 402 g/mol. The van der Waals surface area contributed by atoms with Crippen LogP contribution in [-0.4, -0.2) is 23.3 Å². The van der Waals surface area contributed by atoms with E-state index < -0.39 is 10.9 Å². The molecule has 0 unspecified atom stereocenters. The minimum Gasteiger partial charge on any atom is -0.454 e. The van der Waals surface area contributed by atoms with E-state index in [1.807, 2.05) is 19.9 Å². The van der Waals surface area contributed by atoms with Gasteiger partial charge in [0.2, 0.25) is 0 Å². The fourth-order valence-electron chi connectivity index (χ4n) is 2.74. The Labute approximate surface area is 178 Å². The van der Waals surface area contributed by atoms with Crippen LogP contribution in [0.25, 0.3) is 0 Å². The highest BCUT2D eigenvalue weighted by molar-refractivity contribution is 7.99. The Balaban J connectivity index is 1.75. The van der Waals surface area contributed by atoms with Crippen LogP contribution in [-0.2, 0) is 4.74 Å². The van der Waals surface area contributed by atoms with E-state index in [1.54, 1.807) is 54.6 Å². The molecule has 0 aliphatic rings. The highest BCUT2D eigenvalue weighted by Gasteiger charge is 2.19. The summed E-state index contributed by atoms with van der Waals surface area (Å²) < 4.78 is 5.23. The van der Waals surface area contributed by atoms with Gasteiger partial charge in [0.25, 0.3) is 5.69 Å². The summed E-state index contributed by atoms with van der Waals surface area (Å²) in [4.78, 5) is 36.7. The van der Waals surface area contributed by atoms with Crippen LogP contribution >= 0.6 is 11.8 Å². The predicted octanol–water partition coefficient (Wildman–Crippen LogP) is 5.40. The van der Waals surface area contributed by atoms with Crippen LogP contribution < -0.4 is 0 Å². The zero-order valence-corrected chi connectivity index (χ0v) is 17.3. The van der Waals surface area contributed by atoms with E-state index in [-0.39, 0.29) is 23.6 Å². The van der Waals surface area contributed by atoms with Crippen LogP contribution in [0, 0.1) is 24.0 Å². The number of carbonyl (C=O) groups excluding carboxylic acids is 2. The second-order valence-corrected chi connectivity index (χ2v) is 7.71. The fraction of sp³-hybridized carbons (Fsp3) is 0.130. The molecule has 0 aliphatic heterocycles. The fourth-order valence-corrected chi connectivity index (χ4v) is 3.78. The van der Waals surface area contributed by atoms with Gasteiger partial charge in [0.15, 0.2) is 12.4 Å². The third-order valence-electron chi connectivity index (χ3n) is 4.55. The first-order valence-corrected chi connectivity index (χ1v) is 9.96. The molecule has 3 rings (SSSR count). The third kappa shape index (κ3) is 4.93. The number of carbonyl (C=O) groups is 2. The minimum absolute atomic E-state index is 0.0458. The van der Waals surface area contributed by atoms with Gasteiger partial charge in [-0.1, -0.05) is 48.2 Å². The Hall–Kier alpha value is -3.45. The average molecular weight is 421 g/mol. The third-order valence-corrected chi connectivity index (χ3v) is 5.69. The molecule has 0 N–H and O–H groups in total. The van der Waals surface area contributed by atoms with E-state index in [2.05, 4.69) is 0 Å². The van der Waals surface area contributed by atoms with E-state index in [0.717, 1.165) is 22.9 Å². The van der Waals surface area contributed by atoms with Gasteiger partial charge in [0.05, 0.1) is 15.4 Å². The molecule has 0 saturated heterocycles. The maximum absolute atomic E-state index is 12.6. The summed E-state index contributed by atoms with van der Waals surface area (Å²) in [7, 11) is 0. The molecule has 0 saturated carbocycles. The van der Waals surface area contributed by atoms with Crippen molar-refractivity contribution >= 4 is 29.2 Å². The second-order valence-electron chi connectivity index (χ2n) is 6.62. The van der Waals surface area contributed by atoms with Crippen molar-refractivity contribution in [3.05, 3.63) is 99.1 Å². The monoisotopic (exact) mass is 421 g/mol. The summed E-state index contributed by atoms with van der Waals surface area (Å²) in [6.07, 6.45) is 0. The number of ketones is 1. The first-order chi connectivity index (χ1) is 14.4. The molecule has 0 aromatic heterocycles. The summed E-state index contributed by atoms with van der Waals surface area (Å²) in [5.41, 5.74) is 2.74. The van der Waals surface area contributed by atoms with Gasteiger partial charge in [-0.2, -0.15) is 0 Å². The van der Waals surface area contributed by atoms with Crippen LogP contribution in [0.4, 0.5) is 5.69 Å². The molecule has 3 aromatic rings. The summed E-state index contributed by atoms with van der Waals surface area (Å²) in [5.74, 6) is -0.954. The van der Waals surface area contributed by atoms with Crippen LogP contribution in [0.5, 0.6) is 0 Å². The van der Waals surface area contributed by atoms with Gasteiger partial charge in [-0.15, -0.1) is 0 Å². The number of aryl methyl sites for hydroxylation is 2. The lowest BCUT2D eigenvalue weighted by Gasteiger charge is -2.10. The lowest BCUT2D eigenvalue weighted by atomic mass is 10.0. The largest absolute Gasteiger partial charge is 0.454 e. The summed E-state index contributed by atoms with van der Waals surface area (Å²) >= 11 is 1.10. The molecule has 6 nitrogen and oxygen atoms in total. The number of ether oxygens (including phenoxy) is 1. The highest BCUT2D eigenvalue weighted by Crippen LogP contribution is 2.36. The van der Waals surface area contributed by atoms with Crippen molar-refractivity contribution in [2.24, 2.45) is 0 Å². The van der Waals surface area contributed by atoms with Crippen molar-refractivity contribution in [2.45, 2.75) is 23.6 Å². The van der Waals surface area contributed by atoms with Crippen molar-refractivity contribution in [3.8, 4) is 0 Å². The quantitative estimate of drug-likeness (QED) is 0.220. The van der Waals surface area contributed by atoms with Crippen molar-refractivity contribution in [1.29, 1.82) is 0 Å². The molecule has 0 aliphatic carbocycles. The minimum atomic E-state index is -0.658. The maximum atomic E-state index is 12.6. The van der Waals surface area contributed by atoms with Crippen molar-refractivity contribution < 1.29 is 19.2 Å². The SMILES string of the molecule is Cc1ccc(C(=O)COC(=O)c2ccccc2Sc2ccccc2[N+](=O)[O-])cc1C. The van der Waals surface area contributed by atoms with Crippen LogP contribution in [0.2, 0.25) is 0 Å². The topological polar surface area (TPSA) is 86.5 Å². The first kappa shape index (κ1) is 21.3. The molecule has 0 spiro atoms. The molecule has 7 heteroatoms. The number of hydrogen-bond acceptors (Lipinski definition) is 6. The lowest BCUT2D eigenvalue weighted by molar-refractivity contribution is -0.387. The van der Waals surface area contributed by atoms with Gasteiger partial charge in [0.1, 0.15) is 0 Å². The first-order valence-electron chi connectivity index (χ1n) is 9.14. The van der Waals surface area contributed by atoms with Crippen molar-refractivity contribution in [3.63, 3.8) is 0 Å². The Kier molecular flexibility index (Phi) is 6.64. The van der Waals surface area contributed by atoms with Crippen LogP contribution in [0.1, 0.15) is 31.8 Å². The highest BCUT2D eigenvalue weighted by atomic mass is 32.2. The number of nitro benzene ring substituents is 1. The molecule has 0 atom stereocenters. The molecular formula is C23H19NO5S. The number of benzene rings is 3.